The van der Waals surface area contributed by atoms with Crippen LogP contribution in [0.2, 0.25) is 0 Å². The fourth-order valence-electron chi connectivity index (χ4n) is 2.00. The van der Waals surface area contributed by atoms with Crippen molar-refractivity contribution in [3.05, 3.63) is 59.9 Å². The van der Waals surface area contributed by atoms with E-state index in [1.165, 1.54) is 12.1 Å². The molecule has 7 heteroatoms. The number of rotatable bonds is 4. The molecule has 0 radical (unpaired) electrons. The number of nitrogens with one attached hydrogen (secondary N) is 2. The zero-order valence-electron chi connectivity index (χ0n) is 13.6. The molecule has 0 saturated carbocycles. The van der Waals surface area contributed by atoms with Gasteiger partial charge in [0.25, 0.3) is 15.9 Å². The second kappa shape index (κ2) is 6.60. The van der Waals surface area contributed by atoms with Gasteiger partial charge < -0.3 is 5.32 Å². The van der Waals surface area contributed by atoms with E-state index in [1.54, 1.807) is 12.1 Å². The highest BCUT2D eigenvalue weighted by Crippen LogP contribution is 2.21. The van der Waals surface area contributed by atoms with Crippen molar-refractivity contribution >= 4 is 21.6 Å². The van der Waals surface area contributed by atoms with Gasteiger partial charge in [0, 0.05) is 5.54 Å². The Bertz CT molecular complexity index is 841. The predicted molar refractivity (Wildman–Crippen MR) is 90.9 cm³/mol. The molecule has 128 valence electrons. The Balaban J connectivity index is 2.33. The highest BCUT2D eigenvalue weighted by Gasteiger charge is 2.21. The van der Waals surface area contributed by atoms with Crippen LogP contribution in [0.15, 0.2) is 53.4 Å². The molecule has 5 nitrogen and oxygen atoms in total. The third-order valence-corrected chi connectivity index (χ3v) is 4.41. The van der Waals surface area contributed by atoms with Crippen molar-refractivity contribution in [2.45, 2.75) is 31.2 Å². The average Bonchev–Trinajstić information content (AvgIpc) is 2.46. The Morgan fingerprint density at radius 2 is 1.58 bits per heavy atom. The Hall–Kier alpha value is -2.41. The number of anilines is 1. The van der Waals surface area contributed by atoms with Crippen molar-refractivity contribution in [1.29, 1.82) is 0 Å². The maximum absolute atomic E-state index is 13.0. The van der Waals surface area contributed by atoms with E-state index in [-0.39, 0.29) is 22.1 Å². The lowest BCUT2D eigenvalue weighted by Gasteiger charge is -2.21. The molecule has 2 aromatic carbocycles. The molecule has 0 fully saturated rings. The van der Waals surface area contributed by atoms with Crippen LogP contribution in [-0.4, -0.2) is 19.9 Å². The Labute approximate surface area is 141 Å². The second-order valence-electron chi connectivity index (χ2n) is 6.31. The Morgan fingerprint density at radius 1 is 1.00 bits per heavy atom. The monoisotopic (exact) mass is 350 g/mol. The minimum absolute atomic E-state index is 0.0880. The van der Waals surface area contributed by atoms with Gasteiger partial charge in [-0.25, -0.2) is 12.8 Å². The number of amides is 1. The number of hydrogen-bond donors (Lipinski definition) is 2. The van der Waals surface area contributed by atoms with E-state index in [0.29, 0.717) is 0 Å². The molecule has 0 bridgehead atoms. The molecule has 2 N–H and O–H groups in total. The van der Waals surface area contributed by atoms with Crippen LogP contribution in [0.4, 0.5) is 10.1 Å². The van der Waals surface area contributed by atoms with Gasteiger partial charge in [-0.05, 0) is 57.2 Å². The number of para-hydroxylation sites is 1. The highest BCUT2D eigenvalue weighted by atomic mass is 32.2. The molecule has 0 aliphatic heterocycles. The highest BCUT2D eigenvalue weighted by molar-refractivity contribution is 7.92. The van der Waals surface area contributed by atoms with E-state index in [2.05, 4.69) is 10.0 Å². The van der Waals surface area contributed by atoms with E-state index >= 15 is 0 Å². The minimum Gasteiger partial charge on any atom is -0.347 e. The summed E-state index contributed by atoms with van der Waals surface area (Å²) in [4.78, 5) is 12.3. The van der Waals surface area contributed by atoms with Gasteiger partial charge in [-0.3, -0.25) is 9.52 Å². The first-order chi connectivity index (χ1) is 11.1. The Morgan fingerprint density at radius 3 is 2.17 bits per heavy atom. The molecular weight excluding hydrogens is 331 g/mol. The van der Waals surface area contributed by atoms with Gasteiger partial charge in [-0.15, -0.1) is 0 Å². The number of hydrogen-bond acceptors (Lipinski definition) is 3. The predicted octanol–water partition coefficient (Wildman–Crippen LogP) is 3.15. The number of carbonyl (C=O) groups is 1. The fraction of sp³-hybridized carbons (Fsp3) is 0.235. The molecule has 0 aromatic heterocycles. The van der Waals surface area contributed by atoms with Gasteiger partial charge >= 0.3 is 0 Å². The third-order valence-electron chi connectivity index (χ3n) is 3.03. The summed E-state index contributed by atoms with van der Waals surface area (Å²) in [5.74, 6) is -0.918. The van der Waals surface area contributed by atoms with Crippen LogP contribution < -0.4 is 10.0 Å². The topological polar surface area (TPSA) is 75.3 Å². The van der Waals surface area contributed by atoms with Crippen molar-refractivity contribution < 1.29 is 17.6 Å². The number of benzene rings is 2. The van der Waals surface area contributed by atoms with Gasteiger partial charge in [-0.2, -0.15) is 0 Å². The molecule has 0 unspecified atom stereocenters. The smallest absolute Gasteiger partial charge is 0.261 e. The van der Waals surface area contributed by atoms with Crippen molar-refractivity contribution in [2.24, 2.45) is 0 Å². The first-order valence-corrected chi connectivity index (χ1v) is 8.77. The number of sulfonamides is 1. The summed E-state index contributed by atoms with van der Waals surface area (Å²) in [6, 6.07) is 10.7. The van der Waals surface area contributed by atoms with Crippen molar-refractivity contribution in [3.8, 4) is 0 Å². The standard InChI is InChI=1S/C17H19FN2O3S/c1-17(2,3)19-16(21)14-6-4-5-7-15(14)20-24(22,23)13-10-8-12(18)9-11-13/h4-11,20H,1-3H3,(H,19,21). The first-order valence-electron chi connectivity index (χ1n) is 7.28. The van der Waals surface area contributed by atoms with Crippen LogP contribution in [0.5, 0.6) is 0 Å². The summed E-state index contributed by atoms with van der Waals surface area (Å²) in [6.45, 7) is 5.49. The molecule has 2 aromatic rings. The molecule has 0 saturated heterocycles. The quantitative estimate of drug-likeness (QED) is 0.889. The summed E-state index contributed by atoms with van der Waals surface area (Å²) in [7, 11) is -3.93. The van der Waals surface area contributed by atoms with Crippen molar-refractivity contribution in [2.75, 3.05) is 4.72 Å². The van der Waals surface area contributed by atoms with Gasteiger partial charge in [0.05, 0.1) is 16.1 Å². The SMILES string of the molecule is CC(C)(C)NC(=O)c1ccccc1NS(=O)(=O)c1ccc(F)cc1. The lowest BCUT2D eigenvalue weighted by molar-refractivity contribution is 0.0920. The zero-order chi connectivity index (χ0) is 18.0. The van der Waals surface area contributed by atoms with Gasteiger partial charge in [0.2, 0.25) is 0 Å². The lowest BCUT2D eigenvalue weighted by atomic mass is 10.1. The fourth-order valence-corrected chi connectivity index (χ4v) is 3.08. The third kappa shape index (κ3) is 4.55. The second-order valence-corrected chi connectivity index (χ2v) is 7.99. The molecule has 24 heavy (non-hydrogen) atoms. The van der Waals surface area contributed by atoms with E-state index in [0.717, 1.165) is 24.3 Å². The van der Waals surface area contributed by atoms with E-state index < -0.39 is 21.4 Å². The lowest BCUT2D eigenvalue weighted by Crippen LogP contribution is -2.40. The summed E-state index contributed by atoms with van der Waals surface area (Å²) >= 11 is 0. The summed E-state index contributed by atoms with van der Waals surface area (Å²) in [6.07, 6.45) is 0. The van der Waals surface area contributed by atoms with Gasteiger partial charge in [0.15, 0.2) is 0 Å². The van der Waals surface area contributed by atoms with Crippen molar-refractivity contribution in [3.63, 3.8) is 0 Å². The van der Waals surface area contributed by atoms with E-state index in [9.17, 15) is 17.6 Å². The van der Waals surface area contributed by atoms with E-state index in [4.69, 9.17) is 0 Å². The molecule has 0 heterocycles. The summed E-state index contributed by atoms with van der Waals surface area (Å²) in [5.41, 5.74) is -0.0956. The number of halogens is 1. The molecule has 2 rings (SSSR count). The first kappa shape index (κ1) is 17.9. The maximum Gasteiger partial charge on any atom is 0.261 e. The molecule has 0 aliphatic rings. The molecule has 0 spiro atoms. The zero-order valence-corrected chi connectivity index (χ0v) is 14.4. The average molecular weight is 350 g/mol. The number of carbonyl (C=O) groups excluding carboxylic acids is 1. The Kier molecular flexibility index (Phi) is 4.94. The van der Waals surface area contributed by atoms with Crippen LogP contribution in [0, 0.1) is 5.82 Å². The molecule has 0 atom stereocenters. The summed E-state index contributed by atoms with van der Waals surface area (Å²) in [5, 5.41) is 2.79. The molecular formula is C17H19FN2O3S. The van der Waals surface area contributed by atoms with Crippen molar-refractivity contribution in [1.82, 2.24) is 5.32 Å². The van der Waals surface area contributed by atoms with Crippen LogP contribution in [0.25, 0.3) is 0 Å². The normalized spacial score (nSPS) is 11.8. The van der Waals surface area contributed by atoms with Crippen LogP contribution in [0.1, 0.15) is 31.1 Å². The minimum atomic E-state index is -3.93. The van der Waals surface area contributed by atoms with Gasteiger partial charge in [0.1, 0.15) is 5.82 Å². The van der Waals surface area contributed by atoms with Crippen LogP contribution in [0.3, 0.4) is 0 Å². The summed E-state index contributed by atoms with van der Waals surface area (Å²) < 4.78 is 40.2. The van der Waals surface area contributed by atoms with Crippen LogP contribution in [-0.2, 0) is 10.0 Å². The van der Waals surface area contributed by atoms with Gasteiger partial charge in [-0.1, -0.05) is 12.1 Å². The molecule has 1 amide bonds. The van der Waals surface area contributed by atoms with Crippen LogP contribution >= 0.6 is 0 Å². The largest absolute Gasteiger partial charge is 0.347 e. The maximum atomic E-state index is 13.0. The molecule has 0 aliphatic carbocycles. The van der Waals surface area contributed by atoms with E-state index in [1.807, 2.05) is 20.8 Å².